The molecule has 4 nitrogen and oxygen atoms in total. The van der Waals surface area contributed by atoms with E-state index in [4.69, 9.17) is 4.74 Å². The minimum atomic E-state index is -4.84. The number of pyridine rings is 1. The smallest absolute Gasteiger partial charge is 0.493 e. The standard InChI is InChI=1S/C8H5F3INO3/c1-15-7-4(12)2-6(13-5(7)3-14)16-8(9,10)11/h2-3H,1H3. The summed E-state index contributed by atoms with van der Waals surface area (Å²) in [6, 6.07) is 1.03. The summed E-state index contributed by atoms with van der Waals surface area (Å²) in [5.41, 5.74) is -0.242. The van der Waals surface area contributed by atoms with Gasteiger partial charge in [0.15, 0.2) is 12.0 Å². The maximum Gasteiger partial charge on any atom is 0.574 e. The molecule has 8 heteroatoms. The van der Waals surface area contributed by atoms with Crippen LogP contribution in [0.3, 0.4) is 0 Å². The van der Waals surface area contributed by atoms with Crippen LogP contribution in [0.1, 0.15) is 10.5 Å². The highest BCUT2D eigenvalue weighted by atomic mass is 127. The van der Waals surface area contributed by atoms with E-state index in [9.17, 15) is 18.0 Å². The summed E-state index contributed by atoms with van der Waals surface area (Å²) >= 11 is 1.72. The van der Waals surface area contributed by atoms with Crippen molar-refractivity contribution in [3.05, 3.63) is 15.3 Å². The van der Waals surface area contributed by atoms with Crippen molar-refractivity contribution >= 4 is 28.9 Å². The third-order valence-corrected chi connectivity index (χ3v) is 2.27. The lowest BCUT2D eigenvalue weighted by Gasteiger charge is -2.11. The van der Waals surface area contributed by atoms with Crippen LogP contribution in [-0.2, 0) is 0 Å². The number of nitrogens with zero attached hydrogens (tertiary/aromatic N) is 1. The zero-order chi connectivity index (χ0) is 12.3. The van der Waals surface area contributed by atoms with Crippen LogP contribution >= 0.6 is 22.6 Å². The van der Waals surface area contributed by atoms with Gasteiger partial charge in [-0.3, -0.25) is 4.79 Å². The average Bonchev–Trinajstić information content (AvgIpc) is 2.14. The van der Waals surface area contributed by atoms with Gasteiger partial charge in [0, 0.05) is 6.07 Å². The molecule has 0 aromatic carbocycles. The van der Waals surface area contributed by atoms with Gasteiger partial charge in [0.05, 0.1) is 10.7 Å². The Morgan fingerprint density at radius 2 is 2.12 bits per heavy atom. The van der Waals surface area contributed by atoms with Crippen molar-refractivity contribution in [2.45, 2.75) is 6.36 Å². The number of hydrogen-bond acceptors (Lipinski definition) is 4. The monoisotopic (exact) mass is 347 g/mol. The maximum atomic E-state index is 11.9. The van der Waals surface area contributed by atoms with E-state index >= 15 is 0 Å². The van der Waals surface area contributed by atoms with Gasteiger partial charge in [-0.05, 0) is 22.6 Å². The molecular formula is C8H5F3INO3. The van der Waals surface area contributed by atoms with E-state index in [1.807, 2.05) is 0 Å². The van der Waals surface area contributed by atoms with Gasteiger partial charge in [-0.2, -0.15) is 0 Å². The molecule has 0 fully saturated rings. The van der Waals surface area contributed by atoms with Gasteiger partial charge in [-0.25, -0.2) is 4.98 Å². The Balaban J connectivity index is 3.15. The molecule has 16 heavy (non-hydrogen) atoms. The van der Waals surface area contributed by atoms with E-state index in [0.29, 0.717) is 9.86 Å². The Bertz CT molecular complexity index is 408. The molecule has 0 saturated carbocycles. The van der Waals surface area contributed by atoms with E-state index in [1.165, 1.54) is 7.11 Å². The summed E-state index contributed by atoms with van der Waals surface area (Å²) in [5, 5.41) is 0. The molecule has 0 aliphatic heterocycles. The lowest BCUT2D eigenvalue weighted by Crippen LogP contribution is -2.18. The topological polar surface area (TPSA) is 48.4 Å². The van der Waals surface area contributed by atoms with Crippen LogP contribution in [0.5, 0.6) is 11.6 Å². The molecule has 0 aliphatic rings. The lowest BCUT2D eigenvalue weighted by atomic mass is 10.3. The predicted molar refractivity (Wildman–Crippen MR) is 55.6 cm³/mol. The second-order valence-corrected chi connectivity index (χ2v) is 3.69. The maximum absolute atomic E-state index is 11.9. The molecule has 0 radical (unpaired) electrons. The van der Waals surface area contributed by atoms with E-state index in [2.05, 4.69) is 9.72 Å². The number of carbonyl (C=O) groups is 1. The van der Waals surface area contributed by atoms with Crippen LogP contribution in [0.4, 0.5) is 13.2 Å². The first-order chi connectivity index (χ1) is 7.37. The Morgan fingerprint density at radius 1 is 1.50 bits per heavy atom. The third-order valence-electron chi connectivity index (χ3n) is 1.47. The molecule has 0 spiro atoms. The molecule has 1 heterocycles. The number of rotatable bonds is 3. The molecule has 0 bridgehead atoms. The van der Waals surface area contributed by atoms with Crippen molar-refractivity contribution in [1.82, 2.24) is 4.98 Å². The highest BCUT2D eigenvalue weighted by Crippen LogP contribution is 2.29. The zero-order valence-corrected chi connectivity index (χ0v) is 10.00. The Labute approximate surface area is 102 Å². The molecule has 0 aliphatic carbocycles. The first kappa shape index (κ1) is 13.0. The quantitative estimate of drug-likeness (QED) is 0.623. The van der Waals surface area contributed by atoms with Crippen molar-refractivity contribution < 1.29 is 27.4 Å². The van der Waals surface area contributed by atoms with Crippen LogP contribution in [-0.4, -0.2) is 24.7 Å². The normalized spacial score (nSPS) is 11.1. The van der Waals surface area contributed by atoms with Crippen LogP contribution in [0.25, 0.3) is 0 Å². The first-order valence-electron chi connectivity index (χ1n) is 3.83. The van der Waals surface area contributed by atoms with Crippen LogP contribution in [0.2, 0.25) is 0 Å². The van der Waals surface area contributed by atoms with Gasteiger partial charge < -0.3 is 9.47 Å². The fourth-order valence-corrected chi connectivity index (χ4v) is 1.71. The van der Waals surface area contributed by atoms with Gasteiger partial charge in [-0.1, -0.05) is 0 Å². The van der Waals surface area contributed by atoms with Crippen molar-refractivity contribution in [2.24, 2.45) is 0 Å². The van der Waals surface area contributed by atoms with Crippen molar-refractivity contribution in [3.8, 4) is 11.6 Å². The van der Waals surface area contributed by atoms with Crippen LogP contribution < -0.4 is 9.47 Å². The fraction of sp³-hybridized carbons (Fsp3) is 0.250. The molecule has 0 amide bonds. The summed E-state index contributed by atoms with van der Waals surface area (Å²) in [5.74, 6) is -0.579. The number of halogens is 4. The number of methoxy groups -OCH3 is 1. The third kappa shape index (κ3) is 3.22. The SMILES string of the molecule is COc1c(I)cc(OC(F)(F)F)nc1C=O. The second kappa shape index (κ2) is 4.85. The number of ether oxygens (including phenoxy) is 2. The van der Waals surface area contributed by atoms with Crippen molar-refractivity contribution in [1.29, 1.82) is 0 Å². The largest absolute Gasteiger partial charge is 0.574 e. The minimum Gasteiger partial charge on any atom is -0.493 e. The van der Waals surface area contributed by atoms with Gasteiger partial charge in [0.2, 0.25) is 5.88 Å². The van der Waals surface area contributed by atoms with Gasteiger partial charge in [-0.15, -0.1) is 13.2 Å². The summed E-state index contributed by atoms with van der Waals surface area (Å²) < 4.78 is 44.4. The molecule has 0 unspecified atom stereocenters. The molecule has 1 rings (SSSR count). The van der Waals surface area contributed by atoms with E-state index in [0.717, 1.165) is 6.07 Å². The van der Waals surface area contributed by atoms with Crippen molar-refractivity contribution in [2.75, 3.05) is 7.11 Å². The van der Waals surface area contributed by atoms with Crippen molar-refractivity contribution in [3.63, 3.8) is 0 Å². The Kier molecular flexibility index (Phi) is 3.94. The predicted octanol–water partition coefficient (Wildman–Crippen LogP) is 2.41. The highest BCUT2D eigenvalue weighted by Gasteiger charge is 2.32. The zero-order valence-electron chi connectivity index (χ0n) is 7.84. The molecule has 1 aromatic heterocycles. The summed E-state index contributed by atoms with van der Waals surface area (Å²) in [6.07, 6.45) is -4.55. The number of aldehydes is 1. The Hall–Kier alpha value is -1.06. The summed E-state index contributed by atoms with van der Waals surface area (Å²) in [4.78, 5) is 13.9. The van der Waals surface area contributed by atoms with Gasteiger partial charge in [0.25, 0.3) is 0 Å². The van der Waals surface area contributed by atoms with E-state index in [1.54, 1.807) is 22.6 Å². The van der Waals surface area contributed by atoms with Crippen LogP contribution in [0, 0.1) is 3.57 Å². The molecule has 88 valence electrons. The molecule has 0 N–H and O–H groups in total. The van der Waals surface area contributed by atoms with Gasteiger partial charge >= 0.3 is 6.36 Å². The second-order valence-electron chi connectivity index (χ2n) is 2.53. The van der Waals surface area contributed by atoms with E-state index < -0.39 is 12.2 Å². The number of carbonyl (C=O) groups excluding carboxylic acids is 1. The fourth-order valence-electron chi connectivity index (χ4n) is 0.951. The molecule has 0 saturated heterocycles. The highest BCUT2D eigenvalue weighted by molar-refractivity contribution is 14.1. The number of aromatic nitrogens is 1. The number of hydrogen-bond donors (Lipinski definition) is 0. The minimum absolute atomic E-state index is 0.116. The van der Waals surface area contributed by atoms with Crippen LogP contribution in [0.15, 0.2) is 6.07 Å². The molecule has 1 aromatic rings. The Morgan fingerprint density at radius 3 is 2.56 bits per heavy atom. The molecule has 0 atom stereocenters. The van der Waals surface area contributed by atoms with E-state index in [-0.39, 0.29) is 11.4 Å². The summed E-state index contributed by atoms with van der Waals surface area (Å²) in [7, 11) is 1.29. The molecular weight excluding hydrogens is 342 g/mol. The number of alkyl halides is 3. The first-order valence-corrected chi connectivity index (χ1v) is 4.90. The van der Waals surface area contributed by atoms with Gasteiger partial charge in [0.1, 0.15) is 5.69 Å². The average molecular weight is 347 g/mol. The lowest BCUT2D eigenvalue weighted by molar-refractivity contribution is -0.276. The summed E-state index contributed by atoms with van der Waals surface area (Å²) in [6.45, 7) is 0.